The predicted octanol–water partition coefficient (Wildman–Crippen LogP) is 1.08. The summed E-state index contributed by atoms with van der Waals surface area (Å²) in [5.41, 5.74) is -1.05. The fourth-order valence-electron chi connectivity index (χ4n) is 1.11. The molecule has 7 nitrogen and oxygen atoms in total. The van der Waals surface area contributed by atoms with Crippen LogP contribution in [0.25, 0.3) is 0 Å². The lowest BCUT2D eigenvalue weighted by atomic mass is 10.1. The number of carbonyl (C=O) groups is 2. The monoisotopic (exact) mass is 225 g/mol. The van der Waals surface area contributed by atoms with Gasteiger partial charge in [-0.25, -0.2) is 9.59 Å². The van der Waals surface area contributed by atoms with Crippen LogP contribution in [0.15, 0.2) is 18.2 Å². The summed E-state index contributed by atoms with van der Waals surface area (Å²) in [5, 5.41) is 19.2. The number of hydrogen-bond donors (Lipinski definition) is 1. The Balaban J connectivity index is 3.38. The van der Waals surface area contributed by atoms with Crippen molar-refractivity contribution in [3.8, 4) is 0 Å². The number of carboxylic acid groups (broad SMARTS) is 1. The molecular formula is C9H7NO6. The minimum atomic E-state index is -1.35. The molecule has 0 unspecified atom stereocenters. The van der Waals surface area contributed by atoms with E-state index >= 15 is 0 Å². The van der Waals surface area contributed by atoms with Gasteiger partial charge in [-0.05, 0) is 6.07 Å². The highest BCUT2D eigenvalue weighted by Gasteiger charge is 2.20. The summed E-state index contributed by atoms with van der Waals surface area (Å²) in [7, 11) is 1.06. The van der Waals surface area contributed by atoms with Gasteiger partial charge < -0.3 is 9.84 Å². The molecule has 1 N–H and O–H groups in total. The maximum atomic E-state index is 11.2. The normalized spacial score (nSPS) is 9.56. The van der Waals surface area contributed by atoms with Crippen LogP contribution >= 0.6 is 0 Å². The first-order valence-electron chi connectivity index (χ1n) is 4.07. The second-order valence-electron chi connectivity index (χ2n) is 2.78. The van der Waals surface area contributed by atoms with Crippen molar-refractivity contribution in [2.24, 2.45) is 0 Å². The van der Waals surface area contributed by atoms with Crippen LogP contribution in [-0.2, 0) is 4.74 Å². The Morgan fingerprint density at radius 1 is 1.38 bits per heavy atom. The number of carbonyl (C=O) groups excluding carboxylic acids is 1. The number of carboxylic acids is 1. The zero-order valence-electron chi connectivity index (χ0n) is 8.17. The van der Waals surface area contributed by atoms with Gasteiger partial charge in [0.25, 0.3) is 5.69 Å². The molecule has 0 amide bonds. The molecule has 1 aromatic carbocycles. The zero-order valence-corrected chi connectivity index (χ0v) is 8.17. The zero-order chi connectivity index (χ0) is 12.3. The van der Waals surface area contributed by atoms with E-state index in [2.05, 4.69) is 4.74 Å². The van der Waals surface area contributed by atoms with Crippen molar-refractivity contribution in [2.45, 2.75) is 0 Å². The first-order chi connectivity index (χ1) is 7.47. The number of rotatable bonds is 3. The number of nitrogens with zero attached hydrogens (tertiary/aromatic N) is 1. The van der Waals surface area contributed by atoms with Crippen LogP contribution < -0.4 is 0 Å². The van der Waals surface area contributed by atoms with Crippen molar-refractivity contribution in [2.75, 3.05) is 7.11 Å². The van der Waals surface area contributed by atoms with Gasteiger partial charge in [0.1, 0.15) is 0 Å². The number of benzene rings is 1. The number of methoxy groups -OCH3 is 1. The molecule has 0 spiro atoms. The number of non-ortho nitro benzene ring substituents is 1. The molecule has 0 aliphatic carbocycles. The van der Waals surface area contributed by atoms with E-state index in [1.807, 2.05) is 0 Å². The molecule has 7 heteroatoms. The molecule has 0 saturated heterocycles. The van der Waals surface area contributed by atoms with Gasteiger partial charge in [-0.2, -0.15) is 0 Å². The van der Waals surface area contributed by atoms with Gasteiger partial charge in [0.05, 0.1) is 23.2 Å². The van der Waals surface area contributed by atoms with Crippen molar-refractivity contribution in [3.63, 3.8) is 0 Å². The quantitative estimate of drug-likeness (QED) is 0.468. The maximum Gasteiger partial charge on any atom is 0.338 e. The Morgan fingerprint density at radius 2 is 2.00 bits per heavy atom. The number of nitro groups is 1. The van der Waals surface area contributed by atoms with E-state index in [0.717, 1.165) is 25.3 Å². The predicted molar refractivity (Wildman–Crippen MR) is 51.4 cm³/mol. The third kappa shape index (κ3) is 2.14. The van der Waals surface area contributed by atoms with Crippen molar-refractivity contribution >= 4 is 17.6 Å². The molecule has 16 heavy (non-hydrogen) atoms. The Hall–Kier alpha value is -2.44. The van der Waals surface area contributed by atoms with Gasteiger partial charge in [0.2, 0.25) is 0 Å². The molecule has 84 valence electrons. The Morgan fingerprint density at radius 3 is 2.44 bits per heavy atom. The van der Waals surface area contributed by atoms with Crippen molar-refractivity contribution in [1.82, 2.24) is 0 Å². The molecule has 0 aliphatic heterocycles. The summed E-state index contributed by atoms with van der Waals surface area (Å²) in [6.45, 7) is 0. The number of hydrogen-bond acceptors (Lipinski definition) is 5. The molecule has 0 aromatic heterocycles. The number of aromatic carboxylic acids is 1. The molecule has 0 saturated carbocycles. The third-order valence-electron chi connectivity index (χ3n) is 1.85. The van der Waals surface area contributed by atoms with Crippen LogP contribution in [0.3, 0.4) is 0 Å². The first-order valence-corrected chi connectivity index (χ1v) is 4.07. The molecule has 0 aliphatic rings. The van der Waals surface area contributed by atoms with Gasteiger partial charge in [-0.3, -0.25) is 10.1 Å². The lowest BCUT2D eigenvalue weighted by molar-refractivity contribution is -0.384. The minimum absolute atomic E-state index is 0.336. The molecular weight excluding hydrogens is 218 g/mol. The fourth-order valence-corrected chi connectivity index (χ4v) is 1.11. The second kappa shape index (κ2) is 4.39. The summed E-state index contributed by atoms with van der Waals surface area (Å²) in [4.78, 5) is 31.7. The van der Waals surface area contributed by atoms with Crippen molar-refractivity contribution in [1.29, 1.82) is 0 Å². The average Bonchev–Trinajstić information content (AvgIpc) is 2.26. The van der Waals surface area contributed by atoms with Crippen LogP contribution in [0.5, 0.6) is 0 Å². The first kappa shape index (κ1) is 11.6. The van der Waals surface area contributed by atoms with E-state index in [-0.39, 0.29) is 16.8 Å². The third-order valence-corrected chi connectivity index (χ3v) is 1.85. The van der Waals surface area contributed by atoms with Crippen LogP contribution in [0.4, 0.5) is 5.69 Å². The maximum absolute atomic E-state index is 11.2. The number of ether oxygens (including phenoxy) is 1. The van der Waals surface area contributed by atoms with Gasteiger partial charge in [0.15, 0.2) is 0 Å². The molecule has 0 radical (unpaired) electrons. The molecule has 0 heterocycles. The lowest BCUT2D eigenvalue weighted by Gasteiger charge is -2.03. The molecule has 0 bridgehead atoms. The average molecular weight is 225 g/mol. The van der Waals surface area contributed by atoms with E-state index < -0.39 is 16.9 Å². The standard InChI is InChI=1S/C9H7NO6/c1-16-9(13)7-4-5(10(14)15)2-3-6(7)8(11)12/h2-4H,1H3,(H,11,12). The van der Waals surface area contributed by atoms with E-state index in [1.54, 1.807) is 0 Å². The number of nitro benzene ring substituents is 1. The van der Waals surface area contributed by atoms with Gasteiger partial charge in [0, 0.05) is 12.1 Å². The lowest BCUT2D eigenvalue weighted by Crippen LogP contribution is -2.10. The van der Waals surface area contributed by atoms with Crippen LogP contribution in [-0.4, -0.2) is 29.1 Å². The largest absolute Gasteiger partial charge is 0.478 e. The molecule has 1 rings (SSSR count). The smallest absolute Gasteiger partial charge is 0.338 e. The highest BCUT2D eigenvalue weighted by molar-refractivity contribution is 6.02. The summed E-state index contributed by atoms with van der Waals surface area (Å²) in [6.07, 6.45) is 0. The molecule has 0 atom stereocenters. The van der Waals surface area contributed by atoms with E-state index in [4.69, 9.17) is 5.11 Å². The minimum Gasteiger partial charge on any atom is -0.478 e. The summed E-state index contributed by atoms with van der Waals surface area (Å²) in [6, 6.07) is 2.87. The Labute approximate surface area is 89.4 Å². The topological polar surface area (TPSA) is 107 Å². The highest BCUT2D eigenvalue weighted by Crippen LogP contribution is 2.18. The van der Waals surface area contributed by atoms with Gasteiger partial charge in [-0.15, -0.1) is 0 Å². The van der Waals surface area contributed by atoms with E-state index in [1.165, 1.54) is 0 Å². The van der Waals surface area contributed by atoms with Crippen LogP contribution in [0, 0.1) is 10.1 Å². The van der Waals surface area contributed by atoms with Crippen molar-refractivity contribution in [3.05, 3.63) is 39.4 Å². The van der Waals surface area contributed by atoms with Crippen LogP contribution in [0.1, 0.15) is 20.7 Å². The Bertz CT molecular complexity index is 467. The highest BCUT2D eigenvalue weighted by atomic mass is 16.6. The molecule has 1 aromatic rings. The van der Waals surface area contributed by atoms with Crippen LogP contribution in [0.2, 0.25) is 0 Å². The van der Waals surface area contributed by atoms with Gasteiger partial charge >= 0.3 is 11.9 Å². The van der Waals surface area contributed by atoms with E-state index in [0.29, 0.717) is 0 Å². The number of esters is 1. The molecule has 0 fully saturated rings. The Kier molecular flexibility index (Phi) is 3.19. The summed E-state index contributed by atoms with van der Waals surface area (Å²) < 4.78 is 4.34. The summed E-state index contributed by atoms with van der Waals surface area (Å²) >= 11 is 0. The summed E-state index contributed by atoms with van der Waals surface area (Å²) in [5.74, 6) is -2.28. The second-order valence-corrected chi connectivity index (χ2v) is 2.78. The SMILES string of the molecule is COC(=O)c1cc([N+](=O)[O-])ccc1C(=O)O. The fraction of sp³-hybridized carbons (Fsp3) is 0.111. The van der Waals surface area contributed by atoms with Crippen molar-refractivity contribution < 1.29 is 24.4 Å². The van der Waals surface area contributed by atoms with E-state index in [9.17, 15) is 19.7 Å². The van der Waals surface area contributed by atoms with Gasteiger partial charge in [-0.1, -0.05) is 0 Å².